The third-order valence-electron chi connectivity index (χ3n) is 1.70. The van der Waals surface area contributed by atoms with Crippen molar-refractivity contribution in [3.05, 3.63) is 27.4 Å². The molecule has 0 aliphatic carbocycles. The van der Waals surface area contributed by atoms with Gasteiger partial charge < -0.3 is 15.2 Å². The maximum atomic E-state index is 12.5. The number of pyridine rings is 1. The quantitative estimate of drug-likeness (QED) is 0.525. The average molecular weight is 283 g/mol. The van der Waals surface area contributed by atoms with E-state index in [1.807, 2.05) is 0 Å². The van der Waals surface area contributed by atoms with Crippen LogP contribution in [0.15, 0.2) is 6.20 Å². The van der Waals surface area contributed by atoms with E-state index in [-0.39, 0.29) is 10.9 Å². The molecule has 0 bridgehead atoms. The van der Waals surface area contributed by atoms with Crippen LogP contribution >= 0.6 is 15.9 Å². The van der Waals surface area contributed by atoms with Crippen molar-refractivity contribution in [3.63, 3.8) is 0 Å². The summed E-state index contributed by atoms with van der Waals surface area (Å²) in [6.45, 7) is 0. The Bertz CT molecular complexity index is 400. The first-order chi connectivity index (χ1) is 6.99. The van der Waals surface area contributed by atoms with E-state index in [0.29, 0.717) is 6.20 Å². The van der Waals surface area contributed by atoms with E-state index < -0.39 is 28.5 Å². The number of hydrogen-bond donors (Lipinski definition) is 1. The number of aromatic hydroxyl groups is 1. The Morgan fingerprint density at radius 1 is 1.67 bits per heavy atom. The van der Waals surface area contributed by atoms with Crippen LogP contribution in [0.4, 0.5) is 14.6 Å². The Hall–Kier alpha value is -1.31. The first-order valence-electron chi connectivity index (χ1n) is 3.68. The van der Waals surface area contributed by atoms with E-state index in [9.17, 15) is 18.9 Å². The van der Waals surface area contributed by atoms with Crippen molar-refractivity contribution in [3.8, 4) is 5.75 Å². The van der Waals surface area contributed by atoms with Gasteiger partial charge in [0.2, 0.25) is 0 Å². The molecule has 82 valence electrons. The van der Waals surface area contributed by atoms with Gasteiger partial charge in [-0.25, -0.2) is 8.78 Å². The van der Waals surface area contributed by atoms with E-state index in [1.165, 1.54) is 0 Å². The molecule has 0 radical (unpaired) electrons. The number of aromatic nitrogens is 1. The SMILES string of the molecule is O=[N+]([O-])c1ncc(O)c(C(F)F)c1CBr. The zero-order valence-corrected chi connectivity index (χ0v) is 8.74. The second-order valence-corrected chi connectivity index (χ2v) is 3.11. The number of alkyl halides is 3. The highest BCUT2D eigenvalue weighted by molar-refractivity contribution is 9.08. The summed E-state index contributed by atoms with van der Waals surface area (Å²) < 4.78 is 25.0. The zero-order valence-electron chi connectivity index (χ0n) is 7.15. The van der Waals surface area contributed by atoms with Crippen molar-refractivity contribution in [1.29, 1.82) is 0 Å². The molecule has 1 rings (SSSR count). The molecule has 0 saturated heterocycles. The summed E-state index contributed by atoms with van der Waals surface area (Å²) in [7, 11) is 0. The lowest BCUT2D eigenvalue weighted by atomic mass is 10.1. The lowest BCUT2D eigenvalue weighted by Gasteiger charge is -2.07. The van der Waals surface area contributed by atoms with Crippen LogP contribution in [0, 0.1) is 10.1 Å². The van der Waals surface area contributed by atoms with Gasteiger partial charge in [0.1, 0.15) is 0 Å². The molecular weight excluding hydrogens is 278 g/mol. The molecule has 0 amide bonds. The number of hydrogen-bond acceptors (Lipinski definition) is 4. The summed E-state index contributed by atoms with van der Waals surface area (Å²) in [4.78, 5) is 12.9. The average Bonchev–Trinajstić information content (AvgIpc) is 2.15. The molecule has 0 aromatic carbocycles. The predicted octanol–water partition coefficient (Wildman–Crippen LogP) is 2.53. The van der Waals surface area contributed by atoms with Crippen LogP contribution in [0.1, 0.15) is 17.6 Å². The van der Waals surface area contributed by atoms with Gasteiger partial charge in [0.25, 0.3) is 6.43 Å². The van der Waals surface area contributed by atoms with Gasteiger partial charge in [-0.05, 0) is 9.91 Å². The molecule has 1 N–H and O–H groups in total. The molecule has 0 atom stereocenters. The van der Waals surface area contributed by atoms with Gasteiger partial charge in [-0.15, -0.1) is 0 Å². The smallest absolute Gasteiger partial charge is 0.368 e. The minimum atomic E-state index is -2.99. The molecule has 0 aliphatic rings. The number of rotatable bonds is 3. The molecule has 1 aromatic heterocycles. The van der Waals surface area contributed by atoms with Gasteiger partial charge >= 0.3 is 5.82 Å². The van der Waals surface area contributed by atoms with E-state index in [2.05, 4.69) is 20.9 Å². The van der Waals surface area contributed by atoms with Gasteiger partial charge in [0.05, 0.1) is 11.1 Å². The standard InChI is InChI=1S/C7H5BrF2N2O3/c8-1-3-5(6(9)10)4(13)2-11-7(3)12(14)15/h2,6,13H,1H2. The van der Waals surface area contributed by atoms with Crippen LogP contribution in [0.25, 0.3) is 0 Å². The minimum Gasteiger partial charge on any atom is -0.504 e. The monoisotopic (exact) mass is 282 g/mol. The highest BCUT2D eigenvalue weighted by Gasteiger charge is 2.27. The molecule has 1 aromatic rings. The van der Waals surface area contributed by atoms with Crippen molar-refractivity contribution in [2.75, 3.05) is 0 Å². The fourth-order valence-corrected chi connectivity index (χ4v) is 1.63. The van der Waals surface area contributed by atoms with Gasteiger partial charge in [-0.3, -0.25) is 0 Å². The van der Waals surface area contributed by atoms with Crippen molar-refractivity contribution in [1.82, 2.24) is 4.98 Å². The largest absolute Gasteiger partial charge is 0.504 e. The van der Waals surface area contributed by atoms with Crippen LogP contribution in [-0.2, 0) is 5.33 Å². The van der Waals surface area contributed by atoms with Crippen molar-refractivity contribution < 1.29 is 18.8 Å². The molecule has 1 heterocycles. The fraction of sp³-hybridized carbons (Fsp3) is 0.286. The normalized spacial score (nSPS) is 10.7. The lowest BCUT2D eigenvalue weighted by Crippen LogP contribution is -2.02. The number of nitrogens with zero attached hydrogens (tertiary/aromatic N) is 2. The van der Waals surface area contributed by atoms with Crippen LogP contribution < -0.4 is 0 Å². The van der Waals surface area contributed by atoms with Crippen LogP contribution in [0.2, 0.25) is 0 Å². The topological polar surface area (TPSA) is 76.3 Å². The summed E-state index contributed by atoms with van der Waals surface area (Å²) in [5.41, 5.74) is -1.07. The minimum absolute atomic E-state index is 0.176. The molecule has 0 saturated carbocycles. The molecule has 0 aliphatic heterocycles. The maximum Gasteiger partial charge on any atom is 0.368 e. The maximum absolute atomic E-state index is 12.5. The van der Waals surface area contributed by atoms with E-state index in [1.54, 1.807) is 0 Å². The molecule has 5 nitrogen and oxygen atoms in total. The van der Waals surface area contributed by atoms with Crippen molar-refractivity contribution in [2.24, 2.45) is 0 Å². The molecule has 15 heavy (non-hydrogen) atoms. The first kappa shape index (κ1) is 11.8. The summed E-state index contributed by atoms with van der Waals surface area (Å²) in [6, 6.07) is 0. The lowest BCUT2D eigenvalue weighted by molar-refractivity contribution is -0.390. The fourth-order valence-electron chi connectivity index (χ4n) is 1.08. The Morgan fingerprint density at radius 3 is 2.67 bits per heavy atom. The number of halogens is 3. The highest BCUT2D eigenvalue weighted by Crippen LogP contribution is 2.35. The molecule has 8 heteroatoms. The van der Waals surface area contributed by atoms with Crippen molar-refractivity contribution >= 4 is 21.7 Å². The molecule has 0 spiro atoms. The first-order valence-corrected chi connectivity index (χ1v) is 4.80. The Balaban J connectivity index is 3.47. The summed E-state index contributed by atoms with van der Waals surface area (Å²) in [5, 5.41) is 19.4. The Labute approximate surface area is 91.0 Å². The van der Waals surface area contributed by atoms with Crippen LogP contribution in [0.3, 0.4) is 0 Å². The molecule has 0 fully saturated rings. The van der Waals surface area contributed by atoms with E-state index in [0.717, 1.165) is 0 Å². The second-order valence-electron chi connectivity index (χ2n) is 2.55. The van der Waals surface area contributed by atoms with Crippen LogP contribution in [-0.4, -0.2) is 15.0 Å². The van der Waals surface area contributed by atoms with Crippen LogP contribution in [0.5, 0.6) is 5.75 Å². The third-order valence-corrected chi connectivity index (χ3v) is 2.27. The highest BCUT2D eigenvalue weighted by atomic mass is 79.9. The number of nitro groups is 1. The van der Waals surface area contributed by atoms with Gasteiger partial charge in [0, 0.05) is 5.33 Å². The predicted molar refractivity (Wildman–Crippen MR) is 50.1 cm³/mol. The van der Waals surface area contributed by atoms with E-state index >= 15 is 0 Å². The summed E-state index contributed by atoms with van der Waals surface area (Å²) in [5.74, 6) is -1.43. The van der Waals surface area contributed by atoms with E-state index in [4.69, 9.17) is 5.11 Å². The third kappa shape index (κ3) is 2.20. The summed E-state index contributed by atoms with van der Waals surface area (Å²) in [6.07, 6.45) is -2.34. The Morgan fingerprint density at radius 2 is 2.27 bits per heavy atom. The molecule has 0 unspecified atom stereocenters. The zero-order chi connectivity index (χ0) is 11.6. The van der Waals surface area contributed by atoms with Gasteiger partial charge in [-0.1, -0.05) is 15.9 Å². The summed E-state index contributed by atoms with van der Waals surface area (Å²) >= 11 is 2.84. The van der Waals surface area contributed by atoms with Crippen molar-refractivity contribution in [2.45, 2.75) is 11.8 Å². The van der Waals surface area contributed by atoms with Gasteiger partial charge in [-0.2, -0.15) is 0 Å². The second kappa shape index (κ2) is 4.47. The molecular formula is C7H5BrF2N2O3. The van der Waals surface area contributed by atoms with Gasteiger partial charge in [0.15, 0.2) is 11.9 Å². The Kier molecular flexibility index (Phi) is 3.51.